The van der Waals surface area contributed by atoms with Crippen LogP contribution >= 0.6 is 0 Å². The van der Waals surface area contributed by atoms with E-state index >= 15 is 0 Å². The molecule has 0 amide bonds. The predicted molar refractivity (Wildman–Crippen MR) is 75.8 cm³/mol. The molecule has 0 spiro atoms. The number of nitrogens with one attached hydrogen (secondary N) is 1. The van der Waals surface area contributed by atoms with Crippen LogP contribution in [0.5, 0.6) is 6.01 Å². The van der Waals surface area contributed by atoms with Crippen LogP contribution in [0.25, 0.3) is 0 Å². The Labute approximate surface area is 114 Å². The van der Waals surface area contributed by atoms with Crippen molar-refractivity contribution in [3.05, 3.63) is 0 Å². The molecule has 0 saturated carbocycles. The second-order valence-corrected chi connectivity index (χ2v) is 4.81. The summed E-state index contributed by atoms with van der Waals surface area (Å²) in [7, 11) is 1.58. The summed E-state index contributed by atoms with van der Waals surface area (Å²) in [6.07, 6.45) is 3.68. The third kappa shape index (κ3) is 3.45. The van der Waals surface area contributed by atoms with E-state index in [0.717, 1.165) is 31.5 Å². The highest BCUT2D eigenvalue weighted by atomic mass is 16.5. The molecule has 2 rings (SSSR count). The van der Waals surface area contributed by atoms with Crippen molar-refractivity contribution in [3.63, 3.8) is 0 Å². The molecule has 0 aromatic carbocycles. The number of hydrogen-bond donors (Lipinski definition) is 1. The van der Waals surface area contributed by atoms with Crippen LogP contribution < -0.4 is 15.0 Å². The topological polar surface area (TPSA) is 63.2 Å². The summed E-state index contributed by atoms with van der Waals surface area (Å²) in [6.45, 7) is 7.08. The first-order valence-corrected chi connectivity index (χ1v) is 7.05. The molecule has 106 valence electrons. The second-order valence-electron chi connectivity index (χ2n) is 4.81. The van der Waals surface area contributed by atoms with Crippen molar-refractivity contribution in [2.24, 2.45) is 5.92 Å². The van der Waals surface area contributed by atoms with E-state index in [2.05, 4.69) is 32.1 Å². The van der Waals surface area contributed by atoms with Gasteiger partial charge in [0.1, 0.15) is 0 Å². The van der Waals surface area contributed by atoms with Crippen LogP contribution in [0.3, 0.4) is 0 Å². The van der Waals surface area contributed by atoms with Gasteiger partial charge in [-0.05, 0) is 25.7 Å². The third-order valence-corrected chi connectivity index (χ3v) is 3.60. The molecular weight excluding hydrogens is 242 g/mol. The quantitative estimate of drug-likeness (QED) is 0.877. The van der Waals surface area contributed by atoms with Crippen LogP contribution in [0.1, 0.15) is 33.1 Å². The summed E-state index contributed by atoms with van der Waals surface area (Å²) in [4.78, 5) is 15.2. The van der Waals surface area contributed by atoms with Crippen LogP contribution in [0.2, 0.25) is 0 Å². The Kier molecular flexibility index (Phi) is 4.76. The molecule has 1 aromatic rings. The minimum Gasteiger partial charge on any atom is -0.467 e. The molecule has 19 heavy (non-hydrogen) atoms. The molecule has 1 N–H and O–H groups in total. The number of ether oxygens (including phenoxy) is 1. The summed E-state index contributed by atoms with van der Waals surface area (Å²) >= 11 is 0. The predicted octanol–water partition coefficient (Wildman–Crippen LogP) is 1.94. The second kappa shape index (κ2) is 6.54. The van der Waals surface area contributed by atoms with Crippen molar-refractivity contribution >= 4 is 11.9 Å². The normalized spacial score (nSPS) is 16.5. The van der Waals surface area contributed by atoms with Gasteiger partial charge in [0.15, 0.2) is 0 Å². The number of rotatable bonds is 5. The minimum absolute atomic E-state index is 0.374. The molecule has 1 fully saturated rings. The van der Waals surface area contributed by atoms with Crippen molar-refractivity contribution in [1.29, 1.82) is 0 Å². The molecular formula is C13H23N5O. The number of piperidine rings is 1. The molecule has 0 bridgehead atoms. The van der Waals surface area contributed by atoms with Gasteiger partial charge in [0, 0.05) is 19.6 Å². The Bertz CT molecular complexity index is 404. The van der Waals surface area contributed by atoms with Crippen LogP contribution in [-0.4, -0.2) is 41.7 Å². The summed E-state index contributed by atoms with van der Waals surface area (Å²) < 4.78 is 5.15. The molecule has 6 nitrogen and oxygen atoms in total. The fraction of sp³-hybridized carbons (Fsp3) is 0.769. The van der Waals surface area contributed by atoms with E-state index in [1.165, 1.54) is 19.3 Å². The molecule has 0 atom stereocenters. The van der Waals surface area contributed by atoms with Crippen LogP contribution in [0, 0.1) is 5.92 Å². The maximum absolute atomic E-state index is 5.15. The average Bonchev–Trinajstić information content (AvgIpc) is 2.47. The monoisotopic (exact) mass is 265 g/mol. The maximum atomic E-state index is 5.15. The summed E-state index contributed by atoms with van der Waals surface area (Å²) in [5, 5.41) is 3.11. The van der Waals surface area contributed by atoms with Gasteiger partial charge in [-0.3, -0.25) is 0 Å². The van der Waals surface area contributed by atoms with Gasteiger partial charge in [-0.15, -0.1) is 0 Å². The molecule has 6 heteroatoms. The van der Waals surface area contributed by atoms with Crippen LogP contribution in [0.15, 0.2) is 0 Å². The summed E-state index contributed by atoms with van der Waals surface area (Å²) in [5.41, 5.74) is 0. The molecule has 0 radical (unpaired) electrons. The lowest BCUT2D eigenvalue weighted by molar-refractivity contribution is 0.372. The maximum Gasteiger partial charge on any atom is 0.322 e. The average molecular weight is 265 g/mol. The zero-order valence-corrected chi connectivity index (χ0v) is 12.0. The van der Waals surface area contributed by atoms with Gasteiger partial charge in [-0.1, -0.05) is 13.3 Å². The number of aromatic nitrogens is 3. The fourth-order valence-electron chi connectivity index (χ4n) is 2.36. The van der Waals surface area contributed by atoms with Crippen molar-refractivity contribution in [3.8, 4) is 6.01 Å². The van der Waals surface area contributed by atoms with Crippen LogP contribution in [0.4, 0.5) is 11.9 Å². The Hall–Kier alpha value is -1.59. The zero-order chi connectivity index (χ0) is 13.7. The Morgan fingerprint density at radius 3 is 2.53 bits per heavy atom. The third-order valence-electron chi connectivity index (χ3n) is 3.60. The molecule has 2 heterocycles. The lowest BCUT2D eigenvalue weighted by atomic mass is 9.95. The number of nitrogens with zero attached hydrogens (tertiary/aromatic N) is 4. The molecule has 1 aliphatic rings. The van der Waals surface area contributed by atoms with Crippen molar-refractivity contribution in [2.75, 3.05) is 37.0 Å². The van der Waals surface area contributed by atoms with E-state index in [9.17, 15) is 0 Å². The standard InChI is InChI=1S/C13H23N5O/c1-4-10-6-8-18(9-7-10)12-15-11(14-5-2)16-13(17-12)19-3/h10H,4-9H2,1-3H3,(H,14,15,16,17). The van der Waals surface area contributed by atoms with Crippen molar-refractivity contribution < 1.29 is 4.74 Å². The first-order valence-electron chi connectivity index (χ1n) is 7.05. The lowest BCUT2D eigenvalue weighted by Gasteiger charge is -2.31. The van der Waals surface area contributed by atoms with Crippen LogP contribution in [-0.2, 0) is 0 Å². The minimum atomic E-state index is 0.374. The molecule has 1 saturated heterocycles. The van der Waals surface area contributed by atoms with Gasteiger partial charge in [0.25, 0.3) is 0 Å². The van der Waals surface area contributed by atoms with Gasteiger partial charge in [-0.25, -0.2) is 0 Å². The summed E-state index contributed by atoms with van der Waals surface area (Å²) in [6, 6.07) is 0.374. The smallest absolute Gasteiger partial charge is 0.322 e. The van der Waals surface area contributed by atoms with E-state index in [0.29, 0.717) is 12.0 Å². The first kappa shape index (κ1) is 13.8. The lowest BCUT2D eigenvalue weighted by Crippen LogP contribution is -2.35. The Morgan fingerprint density at radius 1 is 1.21 bits per heavy atom. The highest BCUT2D eigenvalue weighted by Crippen LogP contribution is 2.24. The van der Waals surface area contributed by atoms with Gasteiger partial charge in [0.2, 0.25) is 11.9 Å². The largest absolute Gasteiger partial charge is 0.467 e. The van der Waals surface area contributed by atoms with E-state index in [-0.39, 0.29) is 0 Å². The van der Waals surface area contributed by atoms with E-state index < -0.39 is 0 Å². The number of anilines is 2. The van der Waals surface area contributed by atoms with Gasteiger partial charge >= 0.3 is 6.01 Å². The number of methoxy groups -OCH3 is 1. The Morgan fingerprint density at radius 2 is 1.95 bits per heavy atom. The fourth-order valence-corrected chi connectivity index (χ4v) is 2.36. The molecule has 0 aliphatic carbocycles. The van der Waals surface area contributed by atoms with Crippen molar-refractivity contribution in [1.82, 2.24) is 15.0 Å². The van der Waals surface area contributed by atoms with E-state index in [4.69, 9.17) is 4.74 Å². The highest BCUT2D eigenvalue weighted by molar-refractivity contribution is 5.38. The molecule has 0 unspecified atom stereocenters. The van der Waals surface area contributed by atoms with E-state index in [1.54, 1.807) is 7.11 Å². The Balaban J connectivity index is 2.12. The first-order chi connectivity index (χ1) is 9.26. The van der Waals surface area contributed by atoms with E-state index in [1.807, 2.05) is 6.92 Å². The summed E-state index contributed by atoms with van der Waals surface area (Å²) in [5.74, 6) is 2.15. The molecule has 1 aromatic heterocycles. The van der Waals surface area contributed by atoms with Crippen molar-refractivity contribution in [2.45, 2.75) is 33.1 Å². The SMILES string of the molecule is CCNc1nc(OC)nc(N2CCC(CC)CC2)n1. The number of hydrogen-bond acceptors (Lipinski definition) is 6. The van der Waals surface area contributed by atoms with Gasteiger partial charge in [-0.2, -0.15) is 15.0 Å². The zero-order valence-electron chi connectivity index (χ0n) is 12.0. The highest BCUT2D eigenvalue weighted by Gasteiger charge is 2.21. The molecule has 1 aliphatic heterocycles. The van der Waals surface area contributed by atoms with Gasteiger partial charge < -0.3 is 15.0 Å². The van der Waals surface area contributed by atoms with Gasteiger partial charge in [0.05, 0.1) is 7.11 Å².